The first-order valence-electron chi connectivity index (χ1n) is 6.99. The average Bonchev–Trinajstić information content (AvgIpc) is 2.56. The second kappa shape index (κ2) is 7.00. The molecule has 2 rings (SSSR count). The van der Waals surface area contributed by atoms with Crippen LogP contribution in [0.2, 0.25) is 0 Å². The molecule has 0 saturated carbocycles. The minimum absolute atomic E-state index is 0.394. The lowest BCUT2D eigenvalue weighted by Gasteiger charge is -2.12. The normalized spacial score (nSPS) is 10.8. The molecule has 0 aromatic heterocycles. The number of esters is 1. The van der Waals surface area contributed by atoms with Gasteiger partial charge in [-0.05, 0) is 35.0 Å². The molecular formula is C17H20N2O4. The number of carbonyl (C=O) groups excluding carboxylic acids is 1. The molecule has 0 unspecified atom stereocenters. The summed E-state index contributed by atoms with van der Waals surface area (Å²) in [6, 6.07) is 7.24. The number of benzene rings is 2. The maximum atomic E-state index is 12.0. The van der Waals surface area contributed by atoms with E-state index in [9.17, 15) is 4.79 Å². The third-order valence-electron chi connectivity index (χ3n) is 3.29. The van der Waals surface area contributed by atoms with Crippen LogP contribution >= 0.6 is 0 Å². The van der Waals surface area contributed by atoms with Crippen molar-refractivity contribution in [1.82, 2.24) is 4.90 Å². The lowest BCUT2D eigenvalue weighted by Crippen LogP contribution is -2.08. The van der Waals surface area contributed by atoms with Gasteiger partial charge in [-0.25, -0.2) is 9.79 Å². The Morgan fingerprint density at radius 1 is 1.00 bits per heavy atom. The maximum absolute atomic E-state index is 12.0. The van der Waals surface area contributed by atoms with E-state index >= 15 is 0 Å². The fourth-order valence-corrected chi connectivity index (χ4v) is 2.17. The molecular weight excluding hydrogens is 296 g/mol. The van der Waals surface area contributed by atoms with Crippen LogP contribution in [0.3, 0.4) is 0 Å². The van der Waals surface area contributed by atoms with E-state index < -0.39 is 5.97 Å². The number of nitrogens with zero attached hydrogens (tertiary/aromatic N) is 2. The van der Waals surface area contributed by atoms with Crippen molar-refractivity contribution in [1.29, 1.82) is 0 Å². The van der Waals surface area contributed by atoms with Crippen molar-refractivity contribution in [3.05, 3.63) is 29.8 Å². The van der Waals surface area contributed by atoms with Gasteiger partial charge in [0.15, 0.2) is 11.5 Å². The molecule has 0 bridgehead atoms. The highest BCUT2D eigenvalue weighted by atomic mass is 16.5. The van der Waals surface area contributed by atoms with Crippen LogP contribution in [0.1, 0.15) is 10.4 Å². The quantitative estimate of drug-likeness (QED) is 0.482. The van der Waals surface area contributed by atoms with Gasteiger partial charge < -0.3 is 19.1 Å². The molecule has 0 spiro atoms. The van der Waals surface area contributed by atoms with E-state index in [1.807, 2.05) is 32.3 Å². The van der Waals surface area contributed by atoms with Gasteiger partial charge in [-0.15, -0.1) is 0 Å². The van der Waals surface area contributed by atoms with Crippen LogP contribution in [0.4, 0.5) is 5.69 Å². The Morgan fingerprint density at radius 3 is 2.04 bits per heavy atom. The van der Waals surface area contributed by atoms with E-state index in [0.29, 0.717) is 22.7 Å². The molecule has 2 aromatic rings. The van der Waals surface area contributed by atoms with Gasteiger partial charge in [-0.1, -0.05) is 0 Å². The highest BCUT2D eigenvalue weighted by Gasteiger charge is 2.15. The van der Waals surface area contributed by atoms with Crippen molar-refractivity contribution in [2.24, 2.45) is 4.99 Å². The molecule has 122 valence electrons. The number of aliphatic imine (C=N–C) groups is 1. The molecule has 0 aliphatic carbocycles. The second-order valence-corrected chi connectivity index (χ2v) is 5.12. The standard InChI is InChI=1S/C17H20N2O4/c1-19(2)10-18-14-7-12-9-16(22-4)15(21-3)8-11(12)6-13(14)17(20)23-5/h6-10H,1-5H3. The van der Waals surface area contributed by atoms with E-state index in [-0.39, 0.29) is 0 Å². The average molecular weight is 316 g/mol. The number of hydrogen-bond donors (Lipinski definition) is 0. The monoisotopic (exact) mass is 316 g/mol. The van der Waals surface area contributed by atoms with Crippen LogP contribution in [-0.2, 0) is 4.74 Å². The summed E-state index contributed by atoms with van der Waals surface area (Å²) in [4.78, 5) is 18.2. The molecule has 2 aromatic carbocycles. The zero-order valence-electron chi connectivity index (χ0n) is 13.9. The first kappa shape index (κ1) is 16.6. The predicted molar refractivity (Wildman–Crippen MR) is 90.2 cm³/mol. The van der Waals surface area contributed by atoms with Gasteiger partial charge >= 0.3 is 5.97 Å². The summed E-state index contributed by atoms with van der Waals surface area (Å²) in [6.45, 7) is 0. The minimum atomic E-state index is -0.437. The van der Waals surface area contributed by atoms with Crippen LogP contribution in [0.15, 0.2) is 29.3 Å². The number of ether oxygens (including phenoxy) is 3. The number of hydrogen-bond acceptors (Lipinski definition) is 5. The second-order valence-electron chi connectivity index (χ2n) is 5.12. The van der Waals surface area contributed by atoms with E-state index in [1.54, 1.807) is 31.5 Å². The molecule has 0 fully saturated rings. The summed E-state index contributed by atoms with van der Waals surface area (Å²) in [5, 5.41) is 1.73. The van der Waals surface area contributed by atoms with Gasteiger partial charge in [0.1, 0.15) is 0 Å². The maximum Gasteiger partial charge on any atom is 0.340 e. The Hall–Kier alpha value is -2.76. The van der Waals surface area contributed by atoms with E-state index in [4.69, 9.17) is 14.2 Å². The first-order valence-corrected chi connectivity index (χ1v) is 6.99. The SMILES string of the molecule is COC(=O)c1cc2cc(OC)c(OC)cc2cc1N=CN(C)C. The zero-order valence-corrected chi connectivity index (χ0v) is 13.9. The minimum Gasteiger partial charge on any atom is -0.493 e. The van der Waals surface area contributed by atoms with E-state index in [2.05, 4.69) is 4.99 Å². The third kappa shape index (κ3) is 3.53. The number of rotatable bonds is 5. The Bertz CT molecular complexity index is 754. The van der Waals surface area contributed by atoms with Gasteiger partial charge in [0, 0.05) is 14.1 Å². The highest BCUT2D eigenvalue weighted by Crippen LogP contribution is 2.35. The Morgan fingerprint density at radius 2 is 1.57 bits per heavy atom. The fourth-order valence-electron chi connectivity index (χ4n) is 2.17. The van der Waals surface area contributed by atoms with Crippen molar-refractivity contribution in [3.63, 3.8) is 0 Å². The largest absolute Gasteiger partial charge is 0.493 e. The summed E-state index contributed by atoms with van der Waals surface area (Å²) in [5.41, 5.74) is 0.926. The topological polar surface area (TPSA) is 60.4 Å². The lowest BCUT2D eigenvalue weighted by molar-refractivity contribution is 0.0602. The van der Waals surface area contributed by atoms with Crippen LogP contribution < -0.4 is 9.47 Å². The summed E-state index contributed by atoms with van der Waals surface area (Å²) < 4.78 is 15.5. The molecule has 23 heavy (non-hydrogen) atoms. The molecule has 0 saturated heterocycles. The summed E-state index contributed by atoms with van der Waals surface area (Å²) in [7, 11) is 8.21. The number of methoxy groups -OCH3 is 3. The summed E-state index contributed by atoms with van der Waals surface area (Å²) >= 11 is 0. The Kier molecular flexibility index (Phi) is 5.05. The van der Waals surface area contributed by atoms with Gasteiger partial charge in [-0.3, -0.25) is 0 Å². The Balaban J connectivity index is 2.69. The van der Waals surface area contributed by atoms with Gasteiger partial charge in [-0.2, -0.15) is 0 Å². The fraction of sp³-hybridized carbons (Fsp3) is 0.294. The van der Waals surface area contributed by atoms with Gasteiger partial charge in [0.2, 0.25) is 0 Å². The van der Waals surface area contributed by atoms with Crippen LogP contribution in [0, 0.1) is 0 Å². The number of fused-ring (bicyclic) bond motifs is 1. The lowest BCUT2D eigenvalue weighted by atomic mass is 10.0. The molecule has 0 amide bonds. The summed E-state index contributed by atoms with van der Waals surface area (Å²) in [5.74, 6) is 0.779. The van der Waals surface area contributed by atoms with Crippen molar-refractivity contribution in [2.75, 3.05) is 35.4 Å². The summed E-state index contributed by atoms with van der Waals surface area (Å²) in [6.07, 6.45) is 1.63. The predicted octanol–water partition coefficient (Wildman–Crippen LogP) is 2.87. The van der Waals surface area contributed by atoms with Gasteiger partial charge in [0.25, 0.3) is 0 Å². The smallest absolute Gasteiger partial charge is 0.340 e. The molecule has 0 heterocycles. The van der Waals surface area contributed by atoms with Crippen LogP contribution in [0.25, 0.3) is 10.8 Å². The Labute approximate surface area is 135 Å². The van der Waals surface area contributed by atoms with Gasteiger partial charge in [0.05, 0.1) is 38.9 Å². The molecule has 6 heteroatoms. The van der Waals surface area contributed by atoms with Crippen molar-refractivity contribution < 1.29 is 19.0 Å². The third-order valence-corrected chi connectivity index (χ3v) is 3.29. The van der Waals surface area contributed by atoms with Crippen molar-refractivity contribution in [3.8, 4) is 11.5 Å². The van der Waals surface area contributed by atoms with Crippen molar-refractivity contribution >= 4 is 28.8 Å². The molecule has 0 aliphatic heterocycles. The molecule has 6 nitrogen and oxygen atoms in total. The van der Waals surface area contributed by atoms with Crippen molar-refractivity contribution in [2.45, 2.75) is 0 Å². The van der Waals surface area contributed by atoms with Crippen LogP contribution in [-0.4, -0.2) is 52.6 Å². The molecule has 0 aliphatic rings. The first-order chi connectivity index (χ1) is 11.0. The number of carbonyl (C=O) groups is 1. The molecule has 0 N–H and O–H groups in total. The van der Waals surface area contributed by atoms with E-state index in [1.165, 1.54) is 7.11 Å². The zero-order chi connectivity index (χ0) is 17.0. The van der Waals surface area contributed by atoms with Crippen LogP contribution in [0.5, 0.6) is 11.5 Å². The molecule has 0 radical (unpaired) electrons. The highest BCUT2D eigenvalue weighted by molar-refractivity contribution is 6.02. The van der Waals surface area contributed by atoms with E-state index in [0.717, 1.165) is 10.8 Å². The molecule has 0 atom stereocenters.